The summed E-state index contributed by atoms with van der Waals surface area (Å²) in [5.74, 6) is 0.324. The maximum Gasteiger partial charge on any atom is 0.146 e. The van der Waals surface area contributed by atoms with Crippen LogP contribution >= 0.6 is 0 Å². The molecule has 0 heterocycles. The number of methoxy groups -OCH3 is 1. The summed E-state index contributed by atoms with van der Waals surface area (Å²) in [6, 6.07) is 10.1. The van der Waals surface area contributed by atoms with E-state index >= 15 is 0 Å². The molecule has 0 aromatic heterocycles. The normalized spacial score (nSPS) is 34.5. The van der Waals surface area contributed by atoms with Gasteiger partial charge >= 0.3 is 0 Å². The molecule has 0 saturated heterocycles. The van der Waals surface area contributed by atoms with Crippen LogP contribution < -0.4 is 0 Å². The van der Waals surface area contributed by atoms with Crippen molar-refractivity contribution in [1.29, 1.82) is 0 Å². The molecule has 0 amide bonds. The Balaban J connectivity index is 1.78. The lowest BCUT2D eigenvalue weighted by Gasteiger charge is -2.57. The number of hydrogen-bond acceptors (Lipinski definition) is 3. The predicted octanol–water partition coefficient (Wildman–Crippen LogP) is 4.71. The Hall–Kier alpha value is -0.900. The summed E-state index contributed by atoms with van der Waals surface area (Å²) in [5, 5.41) is 10.9. The highest BCUT2D eigenvalue weighted by atomic mass is 16.7. The second-order valence-corrected chi connectivity index (χ2v) is 8.16. The van der Waals surface area contributed by atoms with E-state index in [1.165, 1.54) is 32.1 Å². The molecule has 1 N–H and O–H groups in total. The van der Waals surface area contributed by atoms with Gasteiger partial charge in [-0.2, -0.15) is 0 Å². The van der Waals surface area contributed by atoms with Crippen molar-refractivity contribution >= 4 is 0 Å². The fourth-order valence-electron chi connectivity index (χ4n) is 5.21. The Morgan fingerprint density at radius 3 is 2.67 bits per heavy atom. The lowest BCUT2D eigenvalue weighted by atomic mass is 9.49. The maximum absolute atomic E-state index is 10.9. The van der Waals surface area contributed by atoms with E-state index in [0.29, 0.717) is 18.1 Å². The topological polar surface area (TPSA) is 38.7 Å². The summed E-state index contributed by atoms with van der Waals surface area (Å²) in [6.07, 6.45) is 8.11. The average Bonchev–Trinajstić information content (AvgIpc) is 2.62. The second-order valence-electron chi connectivity index (χ2n) is 8.16. The third-order valence-electron chi connectivity index (χ3n) is 6.80. The van der Waals surface area contributed by atoms with E-state index in [9.17, 15) is 5.11 Å². The van der Waals surface area contributed by atoms with Crippen molar-refractivity contribution in [3.8, 4) is 0 Å². The highest BCUT2D eigenvalue weighted by molar-refractivity contribution is 5.19. The molecule has 134 valence electrons. The lowest BCUT2D eigenvalue weighted by molar-refractivity contribution is -0.152. The van der Waals surface area contributed by atoms with Gasteiger partial charge in [0.1, 0.15) is 6.79 Å². The number of ether oxygens (including phenoxy) is 2. The Bertz CT molecular complexity index is 517. The quantitative estimate of drug-likeness (QED) is 0.606. The van der Waals surface area contributed by atoms with Crippen molar-refractivity contribution in [2.45, 2.75) is 58.0 Å². The first-order valence-corrected chi connectivity index (χ1v) is 9.40. The molecule has 3 nitrogen and oxygen atoms in total. The van der Waals surface area contributed by atoms with Gasteiger partial charge in [0, 0.05) is 7.11 Å². The van der Waals surface area contributed by atoms with E-state index < -0.39 is 0 Å². The van der Waals surface area contributed by atoms with Crippen LogP contribution in [0.1, 0.15) is 63.5 Å². The van der Waals surface area contributed by atoms with Crippen molar-refractivity contribution in [3.63, 3.8) is 0 Å². The molecule has 4 atom stereocenters. The fourth-order valence-corrected chi connectivity index (χ4v) is 5.21. The smallest absolute Gasteiger partial charge is 0.146 e. The highest BCUT2D eigenvalue weighted by Crippen LogP contribution is 2.61. The summed E-state index contributed by atoms with van der Waals surface area (Å²) >= 11 is 0. The molecule has 3 heteroatoms. The van der Waals surface area contributed by atoms with Crippen molar-refractivity contribution in [3.05, 3.63) is 35.9 Å². The summed E-state index contributed by atoms with van der Waals surface area (Å²) in [6.45, 7) is 3.58. The van der Waals surface area contributed by atoms with Crippen molar-refractivity contribution < 1.29 is 14.6 Å². The van der Waals surface area contributed by atoms with Crippen LogP contribution in [0.2, 0.25) is 0 Å². The molecule has 2 aliphatic rings. The van der Waals surface area contributed by atoms with E-state index in [-0.39, 0.29) is 11.5 Å². The largest absolute Gasteiger partial charge is 0.388 e. The molecule has 2 saturated carbocycles. The molecule has 0 aliphatic heterocycles. The minimum absolute atomic E-state index is 0.183. The third kappa shape index (κ3) is 3.40. The van der Waals surface area contributed by atoms with Gasteiger partial charge in [-0.3, -0.25) is 0 Å². The second kappa shape index (κ2) is 7.55. The van der Waals surface area contributed by atoms with E-state index in [1.54, 1.807) is 7.11 Å². The van der Waals surface area contributed by atoms with Gasteiger partial charge in [-0.15, -0.1) is 0 Å². The zero-order valence-electron chi connectivity index (χ0n) is 15.2. The Morgan fingerprint density at radius 1 is 1.17 bits per heavy atom. The summed E-state index contributed by atoms with van der Waals surface area (Å²) in [5.41, 5.74) is 1.57. The van der Waals surface area contributed by atoms with Crippen LogP contribution in [0.5, 0.6) is 0 Å². The number of aliphatic hydroxyl groups excluding tert-OH is 1. The van der Waals surface area contributed by atoms with Crippen LogP contribution in [-0.4, -0.2) is 25.6 Å². The first-order valence-electron chi connectivity index (χ1n) is 9.40. The Kier molecular flexibility index (Phi) is 5.63. The number of fused-ring (bicyclic) bond motifs is 1. The molecule has 1 aromatic rings. The van der Waals surface area contributed by atoms with Crippen LogP contribution in [0.25, 0.3) is 0 Å². The van der Waals surface area contributed by atoms with Crippen LogP contribution in [-0.2, 0) is 9.47 Å². The van der Waals surface area contributed by atoms with E-state index in [0.717, 1.165) is 25.0 Å². The molecular weight excluding hydrogens is 300 g/mol. The van der Waals surface area contributed by atoms with Gasteiger partial charge in [0.25, 0.3) is 0 Å². The van der Waals surface area contributed by atoms with Crippen LogP contribution in [0.4, 0.5) is 0 Å². The summed E-state index contributed by atoms with van der Waals surface area (Å²) in [4.78, 5) is 0. The first-order chi connectivity index (χ1) is 11.6. The predicted molar refractivity (Wildman–Crippen MR) is 95.6 cm³/mol. The van der Waals surface area contributed by atoms with Gasteiger partial charge < -0.3 is 14.6 Å². The van der Waals surface area contributed by atoms with E-state index in [2.05, 4.69) is 6.92 Å². The van der Waals surface area contributed by atoms with Gasteiger partial charge in [-0.1, -0.05) is 50.1 Å². The highest BCUT2D eigenvalue weighted by Gasteiger charge is 2.53. The minimum Gasteiger partial charge on any atom is -0.388 e. The van der Waals surface area contributed by atoms with Crippen molar-refractivity contribution in [2.24, 2.45) is 16.7 Å². The van der Waals surface area contributed by atoms with Gasteiger partial charge in [0.15, 0.2) is 0 Å². The molecule has 0 radical (unpaired) electrons. The molecule has 2 aliphatic carbocycles. The fraction of sp³-hybridized carbons (Fsp3) is 0.714. The van der Waals surface area contributed by atoms with Gasteiger partial charge in [0.05, 0.1) is 12.7 Å². The van der Waals surface area contributed by atoms with Crippen molar-refractivity contribution in [1.82, 2.24) is 0 Å². The lowest BCUT2D eigenvalue weighted by Crippen LogP contribution is -2.51. The minimum atomic E-state index is -0.364. The zero-order valence-corrected chi connectivity index (χ0v) is 15.2. The average molecular weight is 332 g/mol. The molecule has 2 fully saturated rings. The van der Waals surface area contributed by atoms with Crippen molar-refractivity contribution in [2.75, 3.05) is 20.5 Å². The monoisotopic (exact) mass is 332 g/mol. The molecule has 24 heavy (non-hydrogen) atoms. The Morgan fingerprint density at radius 2 is 1.92 bits per heavy atom. The van der Waals surface area contributed by atoms with E-state index in [1.807, 2.05) is 30.3 Å². The molecule has 0 bridgehead atoms. The van der Waals surface area contributed by atoms with Gasteiger partial charge in [0.2, 0.25) is 0 Å². The summed E-state index contributed by atoms with van der Waals surface area (Å²) < 4.78 is 11.0. The standard InChI is InChI=1S/C21H32O3/c1-20-11-6-7-12-21(20,15-24-16-23-2)14-18(10-13-20)19(22)17-8-4-3-5-9-17/h3-5,8-9,18-19,22H,6-7,10-16H2,1-2H3/t18-,19?,20+,21+/m0/s1. The molecule has 1 aromatic carbocycles. The molecule has 0 spiro atoms. The van der Waals surface area contributed by atoms with Gasteiger partial charge in [-0.25, -0.2) is 0 Å². The zero-order chi connectivity index (χ0) is 17.0. The van der Waals surface area contributed by atoms with Crippen LogP contribution in [0.3, 0.4) is 0 Å². The Labute approximate surface area is 146 Å². The number of rotatable bonds is 6. The van der Waals surface area contributed by atoms with Crippen LogP contribution in [0, 0.1) is 16.7 Å². The number of benzene rings is 1. The van der Waals surface area contributed by atoms with E-state index in [4.69, 9.17) is 9.47 Å². The number of aliphatic hydroxyl groups is 1. The molecule has 3 rings (SSSR count). The van der Waals surface area contributed by atoms with Crippen LogP contribution in [0.15, 0.2) is 30.3 Å². The SMILES string of the molecule is COCOC[C@]12CCCC[C@]1(C)CC[C@H](C(O)c1ccccc1)C2. The molecule has 1 unspecified atom stereocenters. The summed E-state index contributed by atoms with van der Waals surface area (Å²) in [7, 11) is 1.68. The van der Waals surface area contributed by atoms with Gasteiger partial charge in [-0.05, 0) is 54.4 Å². The first kappa shape index (κ1) is 17.9. The molecular formula is C21H32O3. The number of hydrogen-bond donors (Lipinski definition) is 1. The maximum atomic E-state index is 10.9. The third-order valence-corrected chi connectivity index (χ3v) is 6.80.